The van der Waals surface area contributed by atoms with E-state index in [0.29, 0.717) is 6.42 Å². The van der Waals surface area contributed by atoms with Crippen LogP contribution in [0.2, 0.25) is 0 Å². The monoisotopic (exact) mass is 192 g/mol. The highest BCUT2D eigenvalue weighted by Gasteiger charge is 2.15. The van der Waals surface area contributed by atoms with Gasteiger partial charge < -0.3 is 0 Å². The topological polar surface area (TPSA) is 34.1 Å². The first-order valence-corrected chi connectivity index (χ1v) is 3.72. The number of carbonyl (C=O) groups excluding carboxylic acids is 2. The van der Waals surface area contributed by atoms with Gasteiger partial charge in [0.2, 0.25) is 5.78 Å². The number of hydrogen-bond donors (Lipinski definition) is 0. The molecule has 3 heteroatoms. The molecule has 0 aromatic carbocycles. The molecule has 0 bridgehead atoms. The van der Waals surface area contributed by atoms with E-state index >= 15 is 0 Å². The molecule has 0 aromatic rings. The van der Waals surface area contributed by atoms with Gasteiger partial charge in [0.1, 0.15) is 0 Å². The fourth-order valence-corrected chi connectivity index (χ4v) is 0.651. The Kier molecular flexibility index (Phi) is 3.70. The maximum absolute atomic E-state index is 10.7. The molecule has 0 heterocycles. The van der Waals surface area contributed by atoms with Crippen LogP contribution in [0, 0.1) is 0 Å². The predicted molar refractivity (Wildman–Crippen MR) is 38.7 cm³/mol. The molecule has 1 atom stereocenters. The van der Waals surface area contributed by atoms with Crippen LogP contribution in [0.25, 0.3) is 0 Å². The van der Waals surface area contributed by atoms with Gasteiger partial charge in [-0.25, -0.2) is 0 Å². The van der Waals surface area contributed by atoms with Crippen LogP contribution in [0.3, 0.4) is 0 Å². The summed E-state index contributed by atoms with van der Waals surface area (Å²) in [5, 5.41) is 0. The number of halogens is 1. The number of rotatable bonds is 3. The summed E-state index contributed by atoms with van der Waals surface area (Å²) in [6, 6.07) is 0. The summed E-state index contributed by atoms with van der Waals surface area (Å²) in [5.74, 6) is -0.642. The van der Waals surface area contributed by atoms with Crippen molar-refractivity contribution >= 4 is 27.5 Å². The van der Waals surface area contributed by atoms with Gasteiger partial charge >= 0.3 is 0 Å². The Balaban J connectivity index is 3.89. The highest BCUT2D eigenvalue weighted by atomic mass is 79.9. The molecule has 0 N–H and O–H groups in total. The summed E-state index contributed by atoms with van der Waals surface area (Å²) >= 11 is 3.01. The fourth-order valence-electron chi connectivity index (χ4n) is 0.396. The molecular formula is C6H9BrO2. The number of ketones is 2. The molecule has 0 aliphatic heterocycles. The lowest BCUT2D eigenvalue weighted by Crippen LogP contribution is -2.20. The molecular weight excluding hydrogens is 184 g/mol. The molecule has 0 aromatic heterocycles. The van der Waals surface area contributed by atoms with Crippen LogP contribution in [0.15, 0.2) is 0 Å². The molecule has 0 radical (unpaired) electrons. The molecule has 0 aliphatic carbocycles. The van der Waals surface area contributed by atoms with E-state index in [1.165, 1.54) is 0 Å². The molecule has 0 aliphatic rings. The van der Waals surface area contributed by atoms with Crippen LogP contribution in [-0.4, -0.2) is 16.4 Å². The largest absolute Gasteiger partial charge is 0.291 e. The molecule has 1 unspecified atom stereocenters. The summed E-state index contributed by atoms with van der Waals surface area (Å²) in [5.41, 5.74) is 0. The Labute approximate surface area is 62.8 Å². The normalized spacial score (nSPS) is 12.8. The first-order chi connectivity index (χ1) is 4.09. The van der Waals surface area contributed by atoms with E-state index in [2.05, 4.69) is 15.9 Å². The standard InChI is InChI=1S/C6H9BrO2/c1-3-5(8)6(9)4(2)7/h4H,3H2,1-2H3. The van der Waals surface area contributed by atoms with Gasteiger partial charge in [-0.2, -0.15) is 0 Å². The van der Waals surface area contributed by atoms with Gasteiger partial charge in [-0.3, -0.25) is 9.59 Å². The quantitative estimate of drug-likeness (QED) is 0.500. The number of Topliss-reactive ketones (excluding diaryl/α,β-unsaturated/α-hetero) is 2. The average Bonchev–Trinajstić information content (AvgIpc) is 1.84. The van der Waals surface area contributed by atoms with Crippen LogP contribution in [0.1, 0.15) is 20.3 Å². The van der Waals surface area contributed by atoms with Gasteiger partial charge in [0.15, 0.2) is 5.78 Å². The zero-order valence-electron chi connectivity index (χ0n) is 5.48. The van der Waals surface area contributed by atoms with Crippen molar-refractivity contribution in [3.8, 4) is 0 Å². The number of hydrogen-bond acceptors (Lipinski definition) is 2. The molecule has 0 saturated heterocycles. The average molecular weight is 193 g/mol. The lowest BCUT2D eigenvalue weighted by atomic mass is 10.2. The van der Waals surface area contributed by atoms with Gasteiger partial charge in [-0.15, -0.1) is 0 Å². The van der Waals surface area contributed by atoms with Gasteiger partial charge in [0, 0.05) is 6.42 Å². The van der Waals surface area contributed by atoms with Gasteiger partial charge in [0.05, 0.1) is 4.83 Å². The van der Waals surface area contributed by atoms with Gasteiger partial charge in [-0.05, 0) is 6.92 Å². The maximum Gasteiger partial charge on any atom is 0.211 e. The third-order valence-electron chi connectivity index (χ3n) is 0.957. The Bertz CT molecular complexity index is 129. The first-order valence-electron chi connectivity index (χ1n) is 2.80. The second kappa shape index (κ2) is 3.77. The Morgan fingerprint density at radius 1 is 1.56 bits per heavy atom. The SMILES string of the molecule is CCC(=O)C(=O)C(C)Br. The van der Waals surface area contributed by atoms with Crippen molar-refractivity contribution in [1.82, 2.24) is 0 Å². The van der Waals surface area contributed by atoms with Crippen molar-refractivity contribution in [1.29, 1.82) is 0 Å². The molecule has 9 heavy (non-hydrogen) atoms. The summed E-state index contributed by atoms with van der Waals surface area (Å²) in [7, 11) is 0. The molecule has 52 valence electrons. The van der Waals surface area contributed by atoms with E-state index in [1.807, 2.05) is 0 Å². The zero-order chi connectivity index (χ0) is 7.44. The van der Waals surface area contributed by atoms with Crippen molar-refractivity contribution in [2.75, 3.05) is 0 Å². The molecule has 0 saturated carbocycles. The van der Waals surface area contributed by atoms with E-state index < -0.39 is 0 Å². The third-order valence-corrected chi connectivity index (χ3v) is 1.37. The summed E-state index contributed by atoms with van der Waals surface area (Å²) in [6.45, 7) is 3.32. The van der Waals surface area contributed by atoms with Gasteiger partial charge in [0.25, 0.3) is 0 Å². The van der Waals surface area contributed by atoms with Crippen molar-refractivity contribution in [2.24, 2.45) is 0 Å². The molecule has 0 spiro atoms. The minimum absolute atomic E-state index is 0.300. The minimum Gasteiger partial charge on any atom is -0.291 e. The van der Waals surface area contributed by atoms with Crippen molar-refractivity contribution < 1.29 is 9.59 Å². The maximum atomic E-state index is 10.7. The van der Waals surface area contributed by atoms with E-state index in [1.54, 1.807) is 13.8 Å². The third kappa shape index (κ3) is 2.75. The molecule has 2 nitrogen and oxygen atoms in total. The van der Waals surface area contributed by atoms with E-state index in [-0.39, 0.29) is 16.4 Å². The Morgan fingerprint density at radius 2 is 2.00 bits per heavy atom. The first kappa shape index (κ1) is 8.82. The van der Waals surface area contributed by atoms with Crippen LogP contribution < -0.4 is 0 Å². The van der Waals surface area contributed by atoms with E-state index in [9.17, 15) is 9.59 Å². The van der Waals surface area contributed by atoms with Crippen LogP contribution >= 0.6 is 15.9 Å². The fraction of sp³-hybridized carbons (Fsp3) is 0.667. The summed E-state index contributed by atoms with van der Waals surface area (Å²) < 4.78 is 0. The van der Waals surface area contributed by atoms with Crippen molar-refractivity contribution in [3.63, 3.8) is 0 Å². The predicted octanol–water partition coefficient (Wildman–Crippen LogP) is 1.32. The number of carbonyl (C=O) groups is 2. The van der Waals surface area contributed by atoms with Crippen LogP contribution in [0.5, 0.6) is 0 Å². The Morgan fingerprint density at radius 3 is 2.11 bits per heavy atom. The molecule has 0 rings (SSSR count). The lowest BCUT2D eigenvalue weighted by molar-refractivity contribution is -0.135. The Hall–Kier alpha value is -0.180. The van der Waals surface area contributed by atoms with Crippen LogP contribution in [0.4, 0.5) is 0 Å². The van der Waals surface area contributed by atoms with Crippen molar-refractivity contribution in [2.45, 2.75) is 25.1 Å². The van der Waals surface area contributed by atoms with Crippen molar-refractivity contribution in [3.05, 3.63) is 0 Å². The summed E-state index contributed by atoms with van der Waals surface area (Å²) in [6.07, 6.45) is 0.300. The second-order valence-electron chi connectivity index (χ2n) is 1.76. The van der Waals surface area contributed by atoms with E-state index in [0.717, 1.165) is 0 Å². The highest BCUT2D eigenvalue weighted by Crippen LogP contribution is 2.00. The highest BCUT2D eigenvalue weighted by molar-refractivity contribution is 9.10. The summed E-state index contributed by atoms with van der Waals surface area (Å²) in [4.78, 5) is 20.9. The molecule has 0 amide bonds. The van der Waals surface area contributed by atoms with Crippen LogP contribution in [-0.2, 0) is 9.59 Å². The number of alkyl halides is 1. The second-order valence-corrected chi connectivity index (χ2v) is 3.13. The lowest BCUT2D eigenvalue weighted by Gasteiger charge is -1.96. The zero-order valence-corrected chi connectivity index (χ0v) is 7.06. The minimum atomic E-state index is -0.336. The molecule has 0 fully saturated rings. The van der Waals surface area contributed by atoms with E-state index in [4.69, 9.17) is 0 Å². The van der Waals surface area contributed by atoms with Gasteiger partial charge in [-0.1, -0.05) is 22.9 Å². The smallest absolute Gasteiger partial charge is 0.211 e.